The Morgan fingerprint density at radius 1 is 1.30 bits per heavy atom. The molecule has 1 aromatic rings. The van der Waals surface area contributed by atoms with E-state index in [9.17, 15) is 14.4 Å². The van der Waals surface area contributed by atoms with E-state index in [-0.39, 0.29) is 11.5 Å². The van der Waals surface area contributed by atoms with E-state index in [1.54, 1.807) is 11.8 Å². The fourth-order valence-electron chi connectivity index (χ4n) is 3.05. The van der Waals surface area contributed by atoms with Gasteiger partial charge in [-0.1, -0.05) is 0 Å². The zero-order valence-corrected chi connectivity index (χ0v) is 13.1. The maximum atomic E-state index is 12.7. The van der Waals surface area contributed by atoms with Gasteiger partial charge in [0.2, 0.25) is 5.91 Å². The van der Waals surface area contributed by atoms with E-state index in [0.717, 1.165) is 6.42 Å². The molecule has 0 saturated carbocycles. The molecule has 8 nitrogen and oxygen atoms in total. The molecule has 0 aliphatic carbocycles. The van der Waals surface area contributed by atoms with Crippen molar-refractivity contribution in [2.45, 2.75) is 25.8 Å². The third-order valence-corrected chi connectivity index (χ3v) is 4.28. The zero-order chi connectivity index (χ0) is 16.4. The minimum atomic E-state index is -0.499. The quantitative estimate of drug-likeness (QED) is 0.796. The first-order valence-electron chi connectivity index (χ1n) is 7.81. The van der Waals surface area contributed by atoms with Crippen LogP contribution in [-0.2, 0) is 9.53 Å². The number of nitrogens with one attached hydrogen (secondary N) is 1. The van der Waals surface area contributed by atoms with E-state index in [1.807, 2.05) is 0 Å². The number of nitrogens with zero attached hydrogens (tertiary/aromatic N) is 3. The number of hydrogen-bond donors (Lipinski definition) is 1. The van der Waals surface area contributed by atoms with Gasteiger partial charge in [-0.25, -0.2) is 4.98 Å². The van der Waals surface area contributed by atoms with E-state index in [4.69, 9.17) is 4.74 Å². The Hall–Kier alpha value is -2.22. The predicted octanol–water partition coefficient (Wildman–Crippen LogP) is -0.458. The molecule has 2 saturated heterocycles. The highest BCUT2D eigenvalue weighted by Gasteiger charge is 2.38. The molecular formula is C15H20N4O4. The van der Waals surface area contributed by atoms with Gasteiger partial charge >= 0.3 is 0 Å². The standard InChI is InChI=1S/C15H20N4O4/c1-10-16-9-11(13(20)17-10)14(21)19-4-2-3-12(19)15(22)18-5-7-23-8-6-18/h9,12H,2-8H2,1H3,(H,16,17,20)/t12-/m1/s1. The maximum Gasteiger partial charge on any atom is 0.263 e. The van der Waals surface area contributed by atoms with Crippen molar-refractivity contribution in [3.8, 4) is 0 Å². The number of aromatic amines is 1. The lowest BCUT2D eigenvalue weighted by Gasteiger charge is -2.32. The first-order chi connectivity index (χ1) is 11.1. The third-order valence-electron chi connectivity index (χ3n) is 4.28. The van der Waals surface area contributed by atoms with Crippen LogP contribution in [0.15, 0.2) is 11.0 Å². The molecule has 0 aromatic carbocycles. The number of amides is 2. The molecule has 1 aromatic heterocycles. The van der Waals surface area contributed by atoms with Gasteiger partial charge in [0.1, 0.15) is 17.4 Å². The van der Waals surface area contributed by atoms with Crippen molar-refractivity contribution in [3.05, 3.63) is 27.9 Å². The number of likely N-dealkylation sites (tertiary alicyclic amines) is 1. The highest BCUT2D eigenvalue weighted by molar-refractivity contribution is 5.97. The summed E-state index contributed by atoms with van der Waals surface area (Å²) >= 11 is 0. The van der Waals surface area contributed by atoms with Gasteiger partial charge in [-0.15, -0.1) is 0 Å². The fraction of sp³-hybridized carbons (Fsp3) is 0.600. The minimum absolute atomic E-state index is 0.0164. The smallest absolute Gasteiger partial charge is 0.263 e. The van der Waals surface area contributed by atoms with Crippen LogP contribution in [-0.4, -0.2) is 70.5 Å². The second-order valence-electron chi connectivity index (χ2n) is 5.81. The number of morpholine rings is 1. The molecule has 2 fully saturated rings. The van der Waals surface area contributed by atoms with Crippen LogP contribution in [0.1, 0.15) is 29.0 Å². The Morgan fingerprint density at radius 3 is 2.74 bits per heavy atom. The van der Waals surface area contributed by atoms with Crippen molar-refractivity contribution < 1.29 is 14.3 Å². The van der Waals surface area contributed by atoms with E-state index < -0.39 is 17.5 Å². The number of hydrogen-bond acceptors (Lipinski definition) is 5. The van der Waals surface area contributed by atoms with Crippen molar-refractivity contribution in [1.29, 1.82) is 0 Å². The van der Waals surface area contributed by atoms with Gasteiger partial charge in [0, 0.05) is 25.8 Å². The highest BCUT2D eigenvalue weighted by atomic mass is 16.5. The summed E-state index contributed by atoms with van der Waals surface area (Å²) in [7, 11) is 0. The molecule has 2 amide bonds. The molecule has 23 heavy (non-hydrogen) atoms. The number of H-pyrrole nitrogens is 1. The van der Waals surface area contributed by atoms with Crippen molar-refractivity contribution in [2.24, 2.45) is 0 Å². The molecule has 0 bridgehead atoms. The van der Waals surface area contributed by atoms with E-state index in [1.165, 1.54) is 11.1 Å². The monoisotopic (exact) mass is 320 g/mol. The molecule has 2 aliphatic rings. The average Bonchev–Trinajstić information content (AvgIpc) is 3.04. The lowest BCUT2D eigenvalue weighted by molar-refractivity contribution is -0.139. The molecule has 0 unspecified atom stereocenters. The van der Waals surface area contributed by atoms with E-state index in [0.29, 0.717) is 45.1 Å². The van der Waals surface area contributed by atoms with Crippen LogP contribution in [0.2, 0.25) is 0 Å². The Bertz CT molecular complexity index is 666. The molecule has 124 valence electrons. The summed E-state index contributed by atoms with van der Waals surface area (Å²) in [5.41, 5.74) is -0.482. The van der Waals surface area contributed by atoms with E-state index >= 15 is 0 Å². The molecule has 1 atom stereocenters. The second-order valence-corrected chi connectivity index (χ2v) is 5.81. The fourth-order valence-corrected chi connectivity index (χ4v) is 3.05. The molecule has 3 rings (SSSR count). The van der Waals surface area contributed by atoms with Gasteiger partial charge in [-0.2, -0.15) is 0 Å². The van der Waals surface area contributed by atoms with Crippen molar-refractivity contribution in [3.63, 3.8) is 0 Å². The summed E-state index contributed by atoms with van der Waals surface area (Å²) < 4.78 is 5.25. The lowest BCUT2D eigenvalue weighted by Crippen LogP contribution is -2.51. The maximum absolute atomic E-state index is 12.7. The molecular weight excluding hydrogens is 300 g/mol. The zero-order valence-electron chi connectivity index (χ0n) is 13.1. The molecule has 0 spiro atoms. The first kappa shape index (κ1) is 15.7. The lowest BCUT2D eigenvalue weighted by atomic mass is 10.1. The van der Waals surface area contributed by atoms with Crippen LogP contribution >= 0.6 is 0 Å². The average molecular weight is 320 g/mol. The SMILES string of the molecule is Cc1ncc(C(=O)N2CCC[C@@H]2C(=O)N2CCOCC2)c(=O)[nH]1. The molecule has 8 heteroatoms. The molecule has 3 heterocycles. The third kappa shape index (κ3) is 3.12. The first-order valence-corrected chi connectivity index (χ1v) is 7.81. The summed E-state index contributed by atoms with van der Waals surface area (Å²) in [6, 6.07) is -0.499. The Labute approximate surface area is 133 Å². The van der Waals surface area contributed by atoms with Gasteiger partial charge in [-0.05, 0) is 19.8 Å². The van der Waals surface area contributed by atoms with Crippen LogP contribution in [0.25, 0.3) is 0 Å². The van der Waals surface area contributed by atoms with Gasteiger partial charge < -0.3 is 19.5 Å². The van der Waals surface area contributed by atoms with E-state index in [2.05, 4.69) is 9.97 Å². The summed E-state index contributed by atoms with van der Waals surface area (Å²) in [6.07, 6.45) is 2.66. The van der Waals surface area contributed by atoms with Gasteiger partial charge in [0.05, 0.1) is 13.2 Å². The normalized spacial score (nSPS) is 21.5. The van der Waals surface area contributed by atoms with Crippen LogP contribution in [0.3, 0.4) is 0 Å². The number of ether oxygens (including phenoxy) is 1. The summed E-state index contributed by atoms with van der Waals surface area (Å²) in [5, 5.41) is 0. The predicted molar refractivity (Wildman–Crippen MR) is 81.1 cm³/mol. The second kappa shape index (κ2) is 6.49. The summed E-state index contributed by atoms with van der Waals surface area (Å²) in [5.74, 6) is -0.0348. The van der Waals surface area contributed by atoms with Crippen LogP contribution in [0, 0.1) is 6.92 Å². The molecule has 0 radical (unpaired) electrons. The molecule has 1 N–H and O–H groups in total. The van der Waals surface area contributed by atoms with Crippen molar-refractivity contribution in [1.82, 2.24) is 19.8 Å². The number of rotatable bonds is 2. The molecule has 2 aliphatic heterocycles. The highest BCUT2D eigenvalue weighted by Crippen LogP contribution is 2.21. The van der Waals surface area contributed by atoms with Crippen LogP contribution < -0.4 is 5.56 Å². The van der Waals surface area contributed by atoms with Crippen molar-refractivity contribution >= 4 is 11.8 Å². The number of carbonyl (C=O) groups excluding carboxylic acids is 2. The summed E-state index contributed by atoms with van der Waals surface area (Å²) in [6.45, 7) is 4.26. The Balaban J connectivity index is 1.79. The van der Waals surface area contributed by atoms with Crippen LogP contribution in [0.5, 0.6) is 0 Å². The van der Waals surface area contributed by atoms with Crippen molar-refractivity contribution in [2.75, 3.05) is 32.8 Å². The number of aromatic nitrogens is 2. The largest absolute Gasteiger partial charge is 0.378 e. The number of carbonyl (C=O) groups is 2. The van der Waals surface area contributed by atoms with Crippen LogP contribution in [0.4, 0.5) is 0 Å². The minimum Gasteiger partial charge on any atom is -0.378 e. The number of aryl methyl sites for hydroxylation is 1. The Morgan fingerprint density at radius 2 is 2.04 bits per heavy atom. The topological polar surface area (TPSA) is 95.6 Å². The van der Waals surface area contributed by atoms with Gasteiger partial charge in [0.15, 0.2) is 0 Å². The van der Waals surface area contributed by atoms with Gasteiger partial charge in [-0.3, -0.25) is 14.4 Å². The Kier molecular flexibility index (Phi) is 4.42. The summed E-state index contributed by atoms with van der Waals surface area (Å²) in [4.78, 5) is 47.0. The van der Waals surface area contributed by atoms with Gasteiger partial charge in [0.25, 0.3) is 11.5 Å².